The van der Waals surface area contributed by atoms with Crippen molar-refractivity contribution in [2.24, 2.45) is 0 Å². The first-order valence-corrected chi connectivity index (χ1v) is 5.28. The van der Waals surface area contributed by atoms with Gasteiger partial charge < -0.3 is 5.11 Å². The smallest absolute Gasteiger partial charge is 0.335 e. The maximum atomic E-state index is 10.6. The Hall–Kier alpha value is -1.40. The Balaban J connectivity index is 2.61. The van der Waals surface area contributed by atoms with E-state index in [2.05, 4.69) is 4.18 Å². The first-order valence-electron chi connectivity index (χ1n) is 4.19. The standard InChI is InChI=1S/C9H10O5S/c10-9(11)8-3-1-2-7(6-8)4-5-14-15(12)13/h1-3,6,15H,4-5H2,(H,10,11). The second-order valence-corrected chi connectivity index (χ2v) is 3.52. The third kappa shape index (κ3) is 4.09. The number of carbonyl (C=O) groups is 1. The highest BCUT2D eigenvalue weighted by Gasteiger charge is 2.02. The normalized spacial score (nSPS) is 10.5. The van der Waals surface area contributed by atoms with Gasteiger partial charge in [0.2, 0.25) is 0 Å². The van der Waals surface area contributed by atoms with E-state index in [0.717, 1.165) is 5.56 Å². The van der Waals surface area contributed by atoms with E-state index in [4.69, 9.17) is 5.11 Å². The van der Waals surface area contributed by atoms with Crippen molar-refractivity contribution in [3.05, 3.63) is 35.4 Å². The zero-order chi connectivity index (χ0) is 11.3. The molecule has 1 rings (SSSR count). The van der Waals surface area contributed by atoms with E-state index in [1.54, 1.807) is 12.1 Å². The fraction of sp³-hybridized carbons (Fsp3) is 0.222. The average molecular weight is 230 g/mol. The highest BCUT2D eigenvalue weighted by Crippen LogP contribution is 2.06. The zero-order valence-electron chi connectivity index (χ0n) is 7.75. The molecular weight excluding hydrogens is 220 g/mol. The van der Waals surface area contributed by atoms with E-state index >= 15 is 0 Å². The number of thiol groups is 1. The zero-order valence-corrected chi connectivity index (χ0v) is 8.65. The Morgan fingerprint density at radius 1 is 1.40 bits per heavy atom. The van der Waals surface area contributed by atoms with Gasteiger partial charge in [-0.2, -0.15) is 0 Å². The second kappa shape index (κ2) is 5.47. The molecule has 0 radical (unpaired) electrons. The summed E-state index contributed by atoms with van der Waals surface area (Å²) < 4.78 is 24.5. The lowest BCUT2D eigenvalue weighted by molar-refractivity contribution is 0.0696. The highest BCUT2D eigenvalue weighted by atomic mass is 32.2. The summed E-state index contributed by atoms with van der Waals surface area (Å²) in [5, 5.41) is 8.69. The van der Waals surface area contributed by atoms with Gasteiger partial charge in [-0.1, -0.05) is 12.1 Å². The third-order valence-electron chi connectivity index (χ3n) is 1.76. The summed E-state index contributed by atoms with van der Waals surface area (Å²) in [4.78, 5) is 10.6. The van der Waals surface area contributed by atoms with Crippen LogP contribution in [0.4, 0.5) is 0 Å². The molecule has 0 heterocycles. The molecule has 15 heavy (non-hydrogen) atoms. The summed E-state index contributed by atoms with van der Waals surface area (Å²) in [6, 6.07) is 6.29. The van der Waals surface area contributed by atoms with Crippen molar-refractivity contribution in [3.63, 3.8) is 0 Å². The molecule has 1 aromatic carbocycles. The van der Waals surface area contributed by atoms with Crippen LogP contribution in [0.1, 0.15) is 15.9 Å². The molecule has 82 valence electrons. The molecule has 5 nitrogen and oxygen atoms in total. The van der Waals surface area contributed by atoms with Crippen molar-refractivity contribution >= 4 is 17.0 Å². The summed E-state index contributed by atoms with van der Waals surface area (Å²) >= 11 is 0. The van der Waals surface area contributed by atoms with E-state index in [0.29, 0.717) is 6.42 Å². The summed E-state index contributed by atoms with van der Waals surface area (Å²) in [5.41, 5.74) is 0.908. The molecule has 0 aromatic heterocycles. The Morgan fingerprint density at radius 3 is 2.73 bits per heavy atom. The maximum Gasteiger partial charge on any atom is 0.335 e. The lowest BCUT2D eigenvalue weighted by Gasteiger charge is -2.00. The van der Waals surface area contributed by atoms with Crippen LogP contribution < -0.4 is 0 Å². The summed E-state index contributed by atoms with van der Waals surface area (Å²) in [6.07, 6.45) is 0.366. The lowest BCUT2D eigenvalue weighted by Crippen LogP contribution is -2.00. The fourth-order valence-corrected chi connectivity index (χ4v) is 1.34. The van der Waals surface area contributed by atoms with Gasteiger partial charge in [-0.15, -0.1) is 0 Å². The van der Waals surface area contributed by atoms with Gasteiger partial charge >= 0.3 is 5.97 Å². The van der Waals surface area contributed by atoms with Crippen molar-refractivity contribution in [3.8, 4) is 0 Å². The SMILES string of the molecule is O=C(O)c1cccc(CCO[SH](=O)=O)c1. The summed E-state index contributed by atoms with van der Waals surface area (Å²) in [5.74, 6) is -1.01. The first-order chi connectivity index (χ1) is 7.09. The second-order valence-electron chi connectivity index (χ2n) is 2.81. The minimum absolute atomic E-state index is 0.0295. The van der Waals surface area contributed by atoms with Crippen LogP contribution in [0.5, 0.6) is 0 Å². The quantitative estimate of drug-likeness (QED) is 0.719. The molecule has 0 aliphatic rings. The Morgan fingerprint density at radius 2 is 2.13 bits per heavy atom. The number of benzene rings is 1. The van der Waals surface area contributed by atoms with Crippen molar-refractivity contribution in [1.82, 2.24) is 0 Å². The molecule has 6 heteroatoms. The summed E-state index contributed by atoms with van der Waals surface area (Å²) in [6.45, 7) is 0.0295. The monoisotopic (exact) mass is 230 g/mol. The molecule has 0 unspecified atom stereocenters. The van der Waals surface area contributed by atoms with Crippen molar-refractivity contribution in [2.75, 3.05) is 6.61 Å². The summed E-state index contributed by atoms with van der Waals surface area (Å²) in [7, 11) is -2.83. The molecule has 0 aliphatic carbocycles. The number of aromatic carboxylic acids is 1. The average Bonchev–Trinajstić information content (AvgIpc) is 2.17. The molecule has 0 bridgehead atoms. The van der Waals surface area contributed by atoms with Gasteiger partial charge in [0, 0.05) is 0 Å². The molecule has 0 saturated heterocycles. The molecule has 0 aliphatic heterocycles. The largest absolute Gasteiger partial charge is 0.478 e. The topological polar surface area (TPSA) is 80.7 Å². The van der Waals surface area contributed by atoms with Gasteiger partial charge in [-0.25, -0.2) is 13.2 Å². The van der Waals surface area contributed by atoms with Crippen LogP contribution in [0.3, 0.4) is 0 Å². The number of hydrogen-bond acceptors (Lipinski definition) is 4. The highest BCUT2D eigenvalue weighted by molar-refractivity contribution is 7.67. The van der Waals surface area contributed by atoms with Crippen LogP contribution in [0.25, 0.3) is 0 Å². The minimum Gasteiger partial charge on any atom is -0.478 e. The molecule has 0 saturated carbocycles. The Kier molecular flexibility index (Phi) is 4.26. The van der Waals surface area contributed by atoms with Gasteiger partial charge in [0.25, 0.3) is 11.0 Å². The number of carboxylic acid groups (broad SMARTS) is 1. The van der Waals surface area contributed by atoms with E-state index < -0.39 is 17.0 Å². The van der Waals surface area contributed by atoms with Crippen molar-refractivity contribution in [2.45, 2.75) is 6.42 Å². The molecule has 0 spiro atoms. The van der Waals surface area contributed by atoms with Gasteiger partial charge in [-0.3, -0.25) is 4.18 Å². The number of carboxylic acids is 1. The van der Waals surface area contributed by atoms with Crippen molar-refractivity contribution < 1.29 is 22.5 Å². The first kappa shape index (κ1) is 11.7. The van der Waals surface area contributed by atoms with Crippen LogP contribution in [-0.2, 0) is 21.6 Å². The predicted molar refractivity (Wildman–Crippen MR) is 53.4 cm³/mol. The lowest BCUT2D eigenvalue weighted by atomic mass is 10.1. The Bertz CT molecular complexity index is 416. The number of hydrogen-bond donors (Lipinski definition) is 2. The third-order valence-corrected chi connectivity index (χ3v) is 2.15. The molecular formula is C9H10O5S. The van der Waals surface area contributed by atoms with Crippen LogP contribution in [0, 0.1) is 0 Å². The van der Waals surface area contributed by atoms with E-state index in [-0.39, 0.29) is 12.2 Å². The van der Waals surface area contributed by atoms with Gasteiger partial charge in [0.1, 0.15) is 0 Å². The maximum absolute atomic E-state index is 10.6. The van der Waals surface area contributed by atoms with E-state index in [1.807, 2.05) is 0 Å². The van der Waals surface area contributed by atoms with Crippen LogP contribution in [0.2, 0.25) is 0 Å². The van der Waals surface area contributed by atoms with E-state index in [1.165, 1.54) is 12.1 Å². The van der Waals surface area contributed by atoms with E-state index in [9.17, 15) is 13.2 Å². The van der Waals surface area contributed by atoms with Gasteiger partial charge in [0.15, 0.2) is 0 Å². The molecule has 1 N–H and O–H groups in total. The molecule has 0 fully saturated rings. The number of rotatable bonds is 5. The van der Waals surface area contributed by atoms with Gasteiger partial charge in [0.05, 0.1) is 12.2 Å². The van der Waals surface area contributed by atoms with Crippen molar-refractivity contribution in [1.29, 1.82) is 0 Å². The fourth-order valence-electron chi connectivity index (χ4n) is 1.10. The molecule has 0 amide bonds. The predicted octanol–water partition coefficient (Wildman–Crippen LogP) is 0.470. The van der Waals surface area contributed by atoms with Gasteiger partial charge in [-0.05, 0) is 24.1 Å². The van der Waals surface area contributed by atoms with Crippen LogP contribution in [0.15, 0.2) is 24.3 Å². The molecule has 1 aromatic rings. The minimum atomic E-state index is -2.83. The Labute approximate surface area is 88.5 Å². The molecule has 0 atom stereocenters. The van der Waals surface area contributed by atoms with Crippen LogP contribution >= 0.6 is 0 Å². The van der Waals surface area contributed by atoms with Crippen LogP contribution in [-0.4, -0.2) is 26.1 Å².